The fourth-order valence-corrected chi connectivity index (χ4v) is 3.21. The molecule has 5 nitrogen and oxygen atoms in total. The average molecular weight is 290 g/mol. The molecule has 1 saturated carbocycles. The normalized spacial score (nSPS) is 21.1. The van der Waals surface area contributed by atoms with Crippen LogP contribution in [-0.4, -0.2) is 42.3 Å². The van der Waals surface area contributed by atoms with Crippen molar-refractivity contribution in [1.29, 1.82) is 0 Å². The first-order valence-electron chi connectivity index (χ1n) is 8.26. The lowest BCUT2D eigenvalue weighted by Gasteiger charge is -2.28. The Balaban J connectivity index is 1.70. The van der Waals surface area contributed by atoms with Crippen molar-refractivity contribution in [2.24, 2.45) is 0 Å². The third-order valence-corrected chi connectivity index (χ3v) is 4.37. The topological polar surface area (TPSA) is 50.3 Å². The van der Waals surface area contributed by atoms with E-state index >= 15 is 0 Å². The van der Waals surface area contributed by atoms with Crippen LogP contribution in [0.5, 0.6) is 0 Å². The Hall–Kier alpha value is -1.36. The summed E-state index contributed by atoms with van der Waals surface area (Å²) < 4.78 is 5.42. The Morgan fingerprint density at radius 2 is 1.81 bits per heavy atom. The molecule has 1 aromatic heterocycles. The number of ether oxygens (including phenoxy) is 1. The second-order valence-electron chi connectivity index (χ2n) is 6.09. The van der Waals surface area contributed by atoms with Crippen molar-refractivity contribution >= 4 is 11.6 Å². The van der Waals surface area contributed by atoms with Crippen LogP contribution in [0, 0.1) is 6.92 Å². The van der Waals surface area contributed by atoms with E-state index < -0.39 is 0 Å². The molecule has 0 bridgehead atoms. The zero-order valence-corrected chi connectivity index (χ0v) is 13.0. The molecular formula is C16H26N4O. The summed E-state index contributed by atoms with van der Waals surface area (Å²) in [7, 11) is 0. The van der Waals surface area contributed by atoms with Gasteiger partial charge in [0.15, 0.2) is 0 Å². The van der Waals surface area contributed by atoms with E-state index in [-0.39, 0.29) is 0 Å². The third-order valence-electron chi connectivity index (χ3n) is 4.37. The van der Waals surface area contributed by atoms with Gasteiger partial charge in [0.25, 0.3) is 0 Å². The number of hydrogen-bond donors (Lipinski definition) is 1. The molecule has 2 fully saturated rings. The summed E-state index contributed by atoms with van der Waals surface area (Å²) in [5.41, 5.74) is 0. The number of hydrogen-bond acceptors (Lipinski definition) is 5. The minimum absolute atomic E-state index is 0.569. The highest BCUT2D eigenvalue weighted by Gasteiger charge is 2.16. The summed E-state index contributed by atoms with van der Waals surface area (Å²) in [6, 6.07) is 2.67. The molecule has 21 heavy (non-hydrogen) atoms. The molecule has 2 aliphatic rings. The Bertz CT molecular complexity index is 452. The number of aryl methyl sites for hydroxylation is 1. The molecule has 2 heterocycles. The van der Waals surface area contributed by atoms with Gasteiger partial charge in [0, 0.05) is 25.2 Å². The van der Waals surface area contributed by atoms with E-state index in [4.69, 9.17) is 4.74 Å². The molecule has 116 valence electrons. The van der Waals surface area contributed by atoms with Gasteiger partial charge in [0.2, 0.25) is 0 Å². The molecule has 1 aliphatic heterocycles. The number of aromatic nitrogens is 2. The average Bonchev–Trinajstić information content (AvgIpc) is 2.76. The molecule has 0 amide bonds. The largest absolute Gasteiger partial charge is 0.378 e. The first-order valence-corrected chi connectivity index (χ1v) is 8.26. The fraction of sp³-hybridized carbons (Fsp3) is 0.750. The Labute approximate surface area is 127 Å². The SMILES string of the molecule is Cc1nc(NC2CCCCCC2)cc(N2CCOCC2)n1. The van der Waals surface area contributed by atoms with Crippen LogP contribution in [0.4, 0.5) is 11.6 Å². The summed E-state index contributed by atoms with van der Waals surface area (Å²) in [5, 5.41) is 3.63. The molecule has 0 aromatic carbocycles. The van der Waals surface area contributed by atoms with Crippen LogP contribution in [0.15, 0.2) is 6.07 Å². The van der Waals surface area contributed by atoms with Crippen LogP contribution in [0.25, 0.3) is 0 Å². The maximum atomic E-state index is 5.42. The van der Waals surface area contributed by atoms with E-state index in [0.29, 0.717) is 6.04 Å². The van der Waals surface area contributed by atoms with Crippen LogP contribution in [0.1, 0.15) is 44.3 Å². The van der Waals surface area contributed by atoms with E-state index in [1.807, 2.05) is 6.92 Å². The molecule has 0 spiro atoms. The Morgan fingerprint density at radius 1 is 1.10 bits per heavy atom. The highest BCUT2D eigenvalue weighted by Crippen LogP contribution is 2.22. The smallest absolute Gasteiger partial charge is 0.134 e. The van der Waals surface area contributed by atoms with Crippen molar-refractivity contribution in [3.8, 4) is 0 Å². The zero-order valence-electron chi connectivity index (χ0n) is 13.0. The second-order valence-corrected chi connectivity index (χ2v) is 6.09. The van der Waals surface area contributed by atoms with Gasteiger partial charge in [-0.3, -0.25) is 0 Å². The molecule has 1 N–H and O–H groups in total. The van der Waals surface area contributed by atoms with Gasteiger partial charge in [0.05, 0.1) is 13.2 Å². The number of rotatable bonds is 3. The van der Waals surface area contributed by atoms with E-state index in [1.54, 1.807) is 0 Å². The van der Waals surface area contributed by atoms with Gasteiger partial charge in [0.1, 0.15) is 17.5 Å². The van der Waals surface area contributed by atoms with Crippen molar-refractivity contribution in [2.75, 3.05) is 36.5 Å². The van der Waals surface area contributed by atoms with Crippen molar-refractivity contribution < 1.29 is 4.74 Å². The molecule has 0 radical (unpaired) electrons. The maximum absolute atomic E-state index is 5.42. The summed E-state index contributed by atoms with van der Waals surface area (Å²) in [6.45, 7) is 5.38. The predicted octanol–water partition coefficient (Wildman–Crippen LogP) is 2.76. The van der Waals surface area contributed by atoms with Gasteiger partial charge in [-0.15, -0.1) is 0 Å². The molecule has 5 heteroatoms. The maximum Gasteiger partial charge on any atom is 0.134 e. The van der Waals surface area contributed by atoms with E-state index in [2.05, 4.69) is 26.3 Å². The predicted molar refractivity (Wildman–Crippen MR) is 84.9 cm³/mol. The monoisotopic (exact) mass is 290 g/mol. The zero-order chi connectivity index (χ0) is 14.5. The van der Waals surface area contributed by atoms with Gasteiger partial charge >= 0.3 is 0 Å². The van der Waals surface area contributed by atoms with Crippen LogP contribution >= 0.6 is 0 Å². The first kappa shape index (κ1) is 14.6. The summed E-state index contributed by atoms with van der Waals surface area (Å²) in [6.07, 6.45) is 7.93. The minimum Gasteiger partial charge on any atom is -0.378 e. The van der Waals surface area contributed by atoms with Gasteiger partial charge in [-0.25, -0.2) is 9.97 Å². The van der Waals surface area contributed by atoms with Crippen LogP contribution in [-0.2, 0) is 4.74 Å². The molecule has 0 unspecified atom stereocenters. The molecule has 1 aromatic rings. The van der Waals surface area contributed by atoms with Crippen molar-refractivity contribution in [2.45, 2.75) is 51.5 Å². The third kappa shape index (κ3) is 4.06. The summed E-state index contributed by atoms with van der Waals surface area (Å²) in [5.74, 6) is 2.85. The van der Waals surface area contributed by atoms with E-state index in [1.165, 1.54) is 38.5 Å². The van der Waals surface area contributed by atoms with Crippen LogP contribution in [0.3, 0.4) is 0 Å². The van der Waals surface area contributed by atoms with Gasteiger partial charge < -0.3 is 15.0 Å². The quantitative estimate of drug-likeness (QED) is 0.868. The van der Waals surface area contributed by atoms with Crippen molar-refractivity contribution in [3.63, 3.8) is 0 Å². The van der Waals surface area contributed by atoms with Gasteiger partial charge in [-0.05, 0) is 19.8 Å². The lowest BCUT2D eigenvalue weighted by atomic mass is 10.1. The van der Waals surface area contributed by atoms with Gasteiger partial charge in [-0.1, -0.05) is 25.7 Å². The number of morpholine rings is 1. The Kier molecular flexibility index (Phi) is 4.91. The number of nitrogens with one attached hydrogen (secondary N) is 1. The number of anilines is 2. The summed E-state index contributed by atoms with van der Waals surface area (Å²) in [4.78, 5) is 11.4. The van der Waals surface area contributed by atoms with E-state index in [9.17, 15) is 0 Å². The second kappa shape index (κ2) is 7.07. The van der Waals surface area contributed by atoms with Gasteiger partial charge in [-0.2, -0.15) is 0 Å². The molecule has 1 aliphatic carbocycles. The van der Waals surface area contributed by atoms with Crippen LogP contribution in [0.2, 0.25) is 0 Å². The fourth-order valence-electron chi connectivity index (χ4n) is 3.21. The minimum atomic E-state index is 0.569. The standard InChI is InChI=1S/C16H26N4O/c1-13-17-15(19-14-6-4-2-3-5-7-14)12-16(18-13)20-8-10-21-11-9-20/h12,14H,2-11H2,1H3,(H,17,18,19). The van der Waals surface area contributed by atoms with Crippen molar-refractivity contribution in [1.82, 2.24) is 9.97 Å². The molecule has 0 atom stereocenters. The summed E-state index contributed by atoms with van der Waals surface area (Å²) >= 11 is 0. The lowest BCUT2D eigenvalue weighted by Crippen LogP contribution is -2.37. The lowest BCUT2D eigenvalue weighted by molar-refractivity contribution is 0.122. The van der Waals surface area contributed by atoms with Crippen LogP contribution < -0.4 is 10.2 Å². The molecule has 1 saturated heterocycles. The molecule has 3 rings (SSSR count). The highest BCUT2D eigenvalue weighted by molar-refractivity contribution is 5.50. The Morgan fingerprint density at radius 3 is 2.52 bits per heavy atom. The number of nitrogens with zero attached hydrogens (tertiary/aromatic N) is 3. The highest BCUT2D eigenvalue weighted by atomic mass is 16.5. The van der Waals surface area contributed by atoms with Crippen molar-refractivity contribution in [3.05, 3.63) is 11.9 Å². The molecular weight excluding hydrogens is 264 g/mol. The first-order chi connectivity index (χ1) is 10.3. The van der Waals surface area contributed by atoms with E-state index in [0.717, 1.165) is 43.8 Å².